The minimum atomic E-state index is -3.10. The van der Waals surface area contributed by atoms with E-state index in [1.54, 1.807) is 6.92 Å². The van der Waals surface area contributed by atoms with Crippen LogP contribution < -0.4 is 0 Å². The Morgan fingerprint density at radius 1 is 1.21 bits per heavy atom. The van der Waals surface area contributed by atoms with Crippen molar-refractivity contribution in [2.75, 3.05) is 12.8 Å². The van der Waals surface area contributed by atoms with E-state index < -0.39 is 19.0 Å². The zero-order valence-electron chi connectivity index (χ0n) is 11.9. The molecule has 0 spiro atoms. The molecule has 1 atom stereocenters. The van der Waals surface area contributed by atoms with Crippen molar-refractivity contribution >= 4 is 7.37 Å². The van der Waals surface area contributed by atoms with E-state index in [9.17, 15) is 13.3 Å². The minimum Gasteiger partial charge on any atom is -0.329 e. The highest BCUT2D eigenvalue weighted by molar-refractivity contribution is 7.58. The van der Waals surface area contributed by atoms with Crippen LogP contribution in [0.2, 0.25) is 0 Å². The van der Waals surface area contributed by atoms with Crippen LogP contribution in [0.4, 0.5) is 8.78 Å². The third-order valence-electron chi connectivity index (χ3n) is 2.54. The normalized spacial score (nSPS) is 15.3. The van der Waals surface area contributed by atoms with E-state index in [0.29, 0.717) is 6.16 Å². The molecule has 5 heteroatoms. The molecule has 0 heterocycles. The van der Waals surface area contributed by atoms with Crippen molar-refractivity contribution in [3.05, 3.63) is 35.4 Å². The van der Waals surface area contributed by atoms with Crippen LogP contribution >= 0.6 is 7.37 Å². The van der Waals surface area contributed by atoms with Crippen LogP contribution in [-0.4, -0.2) is 12.8 Å². The first-order valence-electron chi connectivity index (χ1n) is 6.32. The van der Waals surface area contributed by atoms with Crippen molar-refractivity contribution in [3.8, 4) is 0 Å². The van der Waals surface area contributed by atoms with Gasteiger partial charge in [0.1, 0.15) is 11.6 Å². The smallest absolute Gasteiger partial charge is 0.208 e. The predicted octanol–water partition coefficient (Wildman–Crippen LogP) is 4.83. The van der Waals surface area contributed by atoms with Crippen molar-refractivity contribution in [1.82, 2.24) is 0 Å². The van der Waals surface area contributed by atoms with Crippen molar-refractivity contribution in [2.45, 2.75) is 33.9 Å². The Hall–Kier alpha value is -0.730. The molecule has 1 rings (SSSR count). The van der Waals surface area contributed by atoms with E-state index >= 15 is 0 Å². The molecule has 1 unspecified atom stereocenters. The highest BCUT2D eigenvalue weighted by Gasteiger charge is 2.31. The number of rotatable bonds is 5. The molecular formula is C14H21F2O2P. The van der Waals surface area contributed by atoms with Gasteiger partial charge in [0.2, 0.25) is 7.37 Å². The molecule has 0 aromatic heterocycles. The Morgan fingerprint density at radius 3 is 2.16 bits per heavy atom. The minimum absolute atomic E-state index is 0.150. The average molecular weight is 290 g/mol. The van der Waals surface area contributed by atoms with E-state index in [1.165, 1.54) is 18.2 Å². The summed E-state index contributed by atoms with van der Waals surface area (Å²) in [5.74, 6) is -1.34. The first-order chi connectivity index (χ1) is 8.67. The van der Waals surface area contributed by atoms with Gasteiger partial charge < -0.3 is 4.52 Å². The van der Waals surface area contributed by atoms with Crippen LogP contribution in [0.25, 0.3) is 0 Å². The number of benzene rings is 1. The summed E-state index contributed by atoms with van der Waals surface area (Å²) in [4.78, 5) is 0. The van der Waals surface area contributed by atoms with Crippen LogP contribution in [0.5, 0.6) is 0 Å². The van der Waals surface area contributed by atoms with Crippen molar-refractivity contribution < 1.29 is 17.9 Å². The van der Waals surface area contributed by atoms with E-state index in [1.807, 2.05) is 20.8 Å². The summed E-state index contributed by atoms with van der Waals surface area (Å²) in [6, 6.07) is 3.64. The maximum absolute atomic E-state index is 13.6. The highest BCUT2D eigenvalue weighted by atomic mass is 31.2. The monoisotopic (exact) mass is 290 g/mol. The number of hydrogen-bond donors (Lipinski definition) is 0. The molecule has 108 valence electrons. The van der Waals surface area contributed by atoms with E-state index in [0.717, 1.165) is 0 Å². The average Bonchev–Trinajstić information content (AvgIpc) is 2.21. The molecule has 0 saturated carbocycles. The Morgan fingerprint density at radius 2 is 1.74 bits per heavy atom. The van der Waals surface area contributed by atoms with Gasteiger partial charge in [-0.2, -0.15) is 0 Å². The third kappa shape index (κ3) is 5.04. The van der Waals surface area contributed by atoms with Gasteiger partial charge in [0.25, 0.3) is 0 Å². The molecule has 0 fully saturated rings. The fourth-order valence-corrected chi connectivity index (χ4v) is 5.02. The van der Waals surface area contributed by atoms with E-state index in [2.05, 4.69) is 0 Å². The standard InChI is InChI=1S/C14H21F2O2P/c1-5-18-19(17,10-14(2,3)4)9-11-12(15)7-6-8-13(11)16/h6-8H,5,9-10H2,1-4H3. The van der Waals surface area contributed by atoms with Gasteiger partial charge in [-0.3, -0.25) is 4.57 Å². The van der Waals surface area contributed by atoms with Crippen molar-refractivity contribution in [2.24, 2.45) is 5.41 Å². The van der Waals surface area contributed by atoms with Crippen LogP contribution in [0, 0.1) is 17.0 Å². The highest BCUT2D eigenvalue weighted by Crippen LogP contribution is 2.54. The molecule has 19 heavy (non-hydrogen) atoms. The molecule has 1 aromatic carbocycles. The number of hydrogen-bond acceptors (Lipinski definition) is 2. The maximum atomic E-state index is 13.6. The second-order valence-corrected chi connectivity index (χ2v) is 8.33. The van der Waals surface area contributed by atoms with Gasteiger partial charge in [-0.1, -0.05) is 26.8 Å². The summed E-state index contributed by atoms with van der Waals surface area (Å²) in [7, 11) is -3.10. The molecule has 0 amide bonds. The van der Waals surface area contributed by atoms with Gasteiger partial charge in [0.15, 0.2) is 0 Å². The lowest BCUT2D eigenvalue weighted by Gasteiger charge is -2.26. The quantitative estimate of drug-likeness (QED) is 0.726. The Balaban J connectivity index is 3.05. The van der Waals surface area contributed by atoms with Gasteiger partial charge in [-0.15, -0.1) is 0 Å². The lowest BCUT2D eigenvalue weighted by Crippen LogP contribution is -2.15. The SMILES string of the molecule is CCOP(=O)(Cc1c(F)cccc1F)CC(C)(C)C. The van der Waals surface area contributed by atoms with Gasteiger partial charge >= 0.3 is 0 Å². The van der Waals surface area contributed by atoms with Gasteiger partial charge in [0, 0.05) is 11.7 Å². The Kier molecular flexibility index (Phi) is 5.28. The van der Waals surface area contributed by atoms with Crippen LogP contribution in [-0.2, 0) is 15.3 Å². The second-order valence-electron chi connectivity index (χ2n) is 5.81. The Labute approximate surface area is 113 Å². The molecule has 0 saturated heterocycles. The summed E-state index contributed by atoms with van der Waals surface area (Å²) in [5, 5.41) is 0. The largest absolute Gasteiger partial charge is 0.329 e. The molecule has 0 aliphatic rings. The third-order valence-corrected chi connectivity index (χ3v) is 5.50. The summed E-state index contributed by atoms with van der Waals surface area (Å²) in [5.41, 5.74) is -0.379. The first kappa shape index (κ1) is 16.3. The molecule has 0 aliphatic heterocycles. The zero-order valence-corrected chi connectivity index (χ0v) is 12.8. The molecule has 2 nitrogen and oxygen atoms in total. The predicted molar refractivity (Wildman–Crippen MR) is 73.6 cm³/mol. The molecule has 0 bridgehead atoms. The van der Waals surface area contributed by atoms with Crippen molar-refractivity contribution in [1.29, 1.82) is 0 Å². The lowest BCUT2D eigenvalue weighted by atomic mass is 10.0. The second kappa shape index (κ2) is 6.15. The fourth-order valence-electron chi connectivity index (χ4n) is 2.03. The van der Waals surface area contributed by atoms with Crippen LogP contribution in [0.3, 0.4) is 0 Å². The summed E-state index contributed by atoms with van der Waals surface area (Å²) < 4.78 is 45.4. The summed E-state index contributed by atoms with van der Waals surface area (Å²) >= 11 is 0. The topological polar surface area (TPSA) is 26.3 Å². The van der Waals surface area contributed by atoms with Gasteiger partial charge in [0.05, 0.1) is 12.8 Å². The fraction of sp³-hybridized carbons (Fsp3) is 0.571. The van der Waals surface area contributed by atoms with Crippen LogP contribution in [0.1, 0.15) is 33.3 Å². The Bertz CT molecular complexity index is 461. The molecule has 0 aliphatic carbocycles. The zero-order chi connectivity index (χ0) is 14.7. The summed E-state index contributed by atoms with van der Waals surface area (Å²) in [6.45, 7) is 7.78. The summed E-state index contributed by atoms with van der Waals surface area (Å²) in [6.07, 6.45) is 0.0955. The van der Waals surface area contributed by atoms with E-state index in [4.69, 9.17) is 4.52 Å². The molecular weight excluding hydrogens is 269 g/mol. The van der Waals surface area contributed by atoms with Gasteiger partial charge in [-0.25, -0.2) is 8.78 Å². The van der Waals surface area contributed by atoms with Crippen molar-refractivity contribution in [3.63, 3.8) is 0 Å². The first-order valence-corrected chi connectivity index (χ1v) is 8.32. The van der Waals surface area contributed by atoms with Crippen LogP contribution in [0.15, 0.2) is 18.2 Å². The van der Waals surface area contributed by atoms with Gasteiger partial charge in [-0.05, 0) is 24.5 Å². The molecule has 0 radical (unpaired) electrons. The molecule has 0 N–H and O–H groups in total. The maximum Gasteiger partial charge on any atom is 0.208 e. The van der Waals surface area contributed by atoms with E-state index in [-0.39, 0.29) is 23.7 Å². The molecule has 1 aromatic rings. The lowest BCUT2D eigenvalue weighted by molar-refractivity contribution is 0.316. The number of halogens is 2.